The van der Waals surface area contributed by atoms with Crippen LogP contribution in [0.3, 0.4) is 0 Å². The van der Waals surface area contributed by atoms with E-state index in [0.717, 1.165) is 32.5 Å². The van der Waals surface area contributed by atoms with Crippen molar-refractivity contribution >= 4 is 38.6 Å². The van der Waals surface area contributed by atoms with Crippen LogP contribution in [-0.4, -0.2) is 32.2 Å². The maximum Gasteiger partial charge on any atom is 0.252 e. The summed E-state index contributed by atoms with van der Waals surface area (Å²) in [6, 6.07) is 14.9. The fourth-order valence-corrected chi connectivity index (χ4v) is 5.91. The minimum Gasteiger partial charge on any atom is -0.343 e. The zero-order valence-electron chi connectivity index (χ0n) is 15.7. The van der Waals surface area contributed by atoms with Gasteiger partial charge in [0.1, 0.15) is 4.21 Å². The van der Waals surface area contributed by atoms with Gasteiger partial charge >= 0.3 is 0 Å². The first-order chi connectivity index (χ1) is 13.4. The van der Waals surface area contributed by atoms with E-state index in [2.05, 4.69) is 24.4 Å². The van der Waals surface area contributed by atoms with Crippen molar-refractivity contribution in [3.63, 3.8) is 0 Å². The lowest BCUT2D eigenvalue weighted by molar-refractivity contribution is -0.121. The van der Waals surface area contributed by atoms with Gasteiger partial charge in [-0.2, -0.15) is 4.31 Å². The molecule has 0 radical (unpaired) electrons. The van der Waals surface area contributed by atoms with E-state index in [0.29, 0.717) is 0 Å². The van der Waals surface area contributed by atoms with E-state index in [9.17, 15) is 13.2 Å². The summed E-state index contributed by atoms with van der Waals surface area (Å²) in [5.41, 5.74) is 2.19. The Morgan fingerprint density at radius 1 is 1.07 bits per heavy atom. The zero-order chi connectivity index (χ0) is 20.1. The molecule has 1 amide bonds. The average Bonchev–Trinajstić information content (AvgIpc) is 3.40. The molecule has 3 aromatic rings. The number of nitrogens with one attached hydrogen (secondary N) is 1. The number of likely N-dealkylation sites (N-methyl/N-ethyl adjacent to an activating group) is 1. The highest BCUT2D eigenvalue weighted by molar-refractivity contribution is 7.91. The van der Waals surface area contributed by atoms with E-state index in [1.807, 2.05) is 29.6 Å². The predicted octanol–water partition coefficient (Wildman–Crippen LogP) is 3.90. The van der Waals surface area contributed by atoms with Crippen molar-refractivity contribution in [2.75, 3.05) is 13.6 Å². The number of sulfonamides is 1. The predicted molar refractivity (Wildman–Crippen MR) is 114 cm³/mol. The van der Waals surface area contributed by atoms with Crippen LogP contribution in [0.2, 0.25) is 0 Å². The summed E-state index contributed by atoms with van der Waals surface area (Å²) in [5.74, 6) is -0.347. The Balaban J connectivity index is 1.76. The van der Waals surface area contributed by atoms with Gasteiger partial charge in [-0.15, -0.1) is 22.7 Å². The third-order valence-corrected chi connectivity index (χ3v) is 8.49. The number of rotatable bonds is 8. The summed E-state index contributed by atoms with van der Waals surface area (Å²) in [4.78, 5) is 13.7. The maximum absolute atomic E-state index is 12.7. The first-order valence-electron chi connectivity index (χ1n) is 8.83. The standard InChI is InChI=1S/C20H22N2O3S3/c1-3-15-8-10-16(11-9-15)20(17-6-4-12-26-17)21-18(23)14-22(2)28(24,25)19-7-5-13-27-19/h4-13,20H,3,14H2,1-2H3,(H,21,23)/t20-/m1/s1. The van der Waals surface area contributed by atoms with Crippen molar-refractivity contribution < 1.29 is 13.2 Å². The lowest BCUT2D eigenvalue weighted by Crippen LogP contribution is -2.39. The Kier molecular flexibility index (Phi) is 6.66. The first kappa shape index (κ1) is 20.7. The number of carbonyl (C=O) groups excluding carboxylic acids is 1. The van der Waals surface area contributed by atoms with Crippen LogP contribution in [-0.2, 0) is 21.2 Å². The van der Waals surface area contributed by atoms with Gasteiger partial charge in [0.25, 0.3) is 10.0 Å². The summed E-state index contributed by atoms with van der Waals surface area (Å²) in [5, 5.41) is 6.65. The van der Waals surface area contributed by atoms with Crippen LogP contribution in [0.15, 0.2) is 63.5 Å². The van der Waals surface area contributed by atoms with Crippen LogP contribution < -0.4 is 5.32 Å². The van der Waals surface area contributed by atoms with Gasteiger partial charge < -0.3 is 5.32 Å². The van der Waals surface area contributed by atoms with Crippen LogP contribution in [0.4, 0.5) is 0 Å². The molecule has 1 atom stereocenters. The molecule has 0 bridgehead atoms. The van der Waals surface area contributed by atoms with Crippen LogP contribution in [0, 0.1) is 0 Å². The third kappa shape index (κ3) is 4.70. The second-order valence-corrected chi connectivity index (χ2v) is 10.5. The van der Waals surface area contributed by atoms with Crippen LogP contribution in [0.1, 0.15) is 29.0 Å². The molecule has 0 aliphatic rings. The molecule has 0 aliphatic heterocycles. The fourth-order valence-electron chi connectivity index (χ4n) is 2.78. The molecule has 148 valence electrons. The molecule has 28 heavy (non-hydrogen) atoms. The Morgan fingerprint density at radius 3 is 2.32 bits per heavy atom. The highest BCUT2D eigenvalue weighted by Gasteiger charge is 2.25. The quantitative estimate of drug-likeness (QED) is 0.585. The Bertz CT molecular complexity index is 996. The van der Waals surface area contributed by atoms with E-state index >= 15 is 0 Å². The average molecular weight is 435 g/mol. The van der Waals surface area contributed by atoms with E-state index in [1.54, 1.807) is 22.8 Å². The molecule has 1 aromatic carbocycles. The lowest BCUT2D eigenvalue weighted by Gasteiger charge is -2.21. The number of aryl methyl sites for hydroxylation is 1. The van der Waals surface area contributed by atoms with Gasteiger partial charge in [-0.05, 0) is 40.4 Å². The molecule has 2 aromatic heterocycles. The van der Waals surface area contributed by atoms with E-state index < -0.39 is 10.0 Å². The zero-order valence-corrected chi connectivity index (χ0v) is 18.1. The molecule has 3 rings (SSSR count). The number of benzene rings is 1. The SMILES string of the molecule is CCc1ccc([C@@H](NC(=O)CN(C)S(=O)(=O)c2cccs2)c2cccs2)cc1. The fraction of sp³-hybridized carbons (Fsp3) is 0.250. The molecule has 0 saturated heterocycles. The largest absolute Gasteiger partial charge is 0.343 e. The number of carbonyl (C=O) groups is 1. The van der Waals surface area contributed by atoms with Gasteiger partial charge in [0, 0.05) is 11.9 Å². The second-order valence-electron chi connectivity index (χ2n) is 6.30. The molecule has 0 spiro atoms. The molecule has 0 saturated carbocycles. The lowest BCUT2D eigenvalue weighted by atomic mass is 10.0. The van der Waals surface area contributed by atoms with Crippen LogP contribution >= 0.6 is 22.7 Å². The summed E-state index contributed by atoms with van der Waals surface area (Å²) < 4.78 is 26.4. The molecule has 0 unspecified atom stereocenters. The summed E-state index contributed by atoms with van der Waals surface area (Å²) in [6.07, 6.45) is 0.946. The van der Waals surface area contributed by atoms with Gasteiger partial charge in [0.2, 0.25) is 5.91 Å². The maximum atomic E-state index is 12.7. The highest BCUT2D eigenvalue weighted by Crippen LogP contribution is 2.27. The van der Waals surface area contributed by atoms with Gasteiger partial charge in [-0.25, -0.2) is 8.42 Å². The van der Waals surface area contributed by atoms with Gasteiger partial charge in [-0.1, -0.05) is 43.3 Å². The third-order valence-electron chi connectivity index (χ3n) is 4.38. The minimum absolute atomic E-state index is 0.229. The number of thiophene rings is 2. The molecule has 5 nitrogen and oxygen atoms in total. The van der Waals surface area contributed by atoms with Gasteiger partial charge in [0.15, 0.2) is 0 Å². The van der Waals surface area contributed by atoms with Crippen LogP contribution in [0.5, 0.6) is 0 Å². The highest BCUT2D eigenvalue weighted by atomic mass is 32.2. The Morgan fingerprint density at radius 2 is 1.75 bits per heavy atom. The molecular formula is C20H22N2O3S3. The van der Waals surface area contributed by atoms with Gasteiger partial charge in [-0.3, -0.25) is 4.79 Å². The normalized spacial score (nSPS) is 12.8. The van der Waals surface area contributed by atoms with Crippen molar-refractivity contribution in [2.24, 2.45) is 0 Å². The topological polar surface area (TPSA) is 66.5 Å². The first-order valence-corrected chi connectivity index (χ1v) is 12.0. The second kappa shape index (κ2) is 9.00. The molecular weight excluding hydrogens is 412 g/mol. The monoisotopic (exact) mass is 434 g/mol. The summed E-state index contributed by atoms with van der Waals surface area (Å²) >= 11 is 2.69. The van der Waals surface area contributed by atoms with E-state index in [-0.39, 0.29) is 22.7 Å². The van der Waals surface area contributed by atoms with Crippen molar-refractivity contribution in [2.45, 2.75) is 23.6 Å². The number of hydrogen-bond acceptors (Lipinski definition) is 5. The number of amides is 1. The summed E-state index contributed by atoms with van der Waals surface area (Å²) in [7, 11) is -2.24. The van der Waals surface area contributed by atoms with Crippen molar-refractivity contribution in [3.8, 4) is 0 Å². The molecule has 0 aliphatic carbocycles. The van der Waals surface area contributed by atoms with Crippen molar-refractivity contribution in [3.05, 3.63) is 75.3 Å². The van der Waals surface area contributed by atoms with Crippen molar-refractivity contribution in [1.82, 2.24) is 9.62 Å². The smallest absolute Gasteiger partial charge is 0.252 e. The Hall–Kier alpha value is -2.00. The Labute approximate surface area is 173 Å². The minimum atomic E-state index is -3.66. The van der Waals surface area contributed by atoms with E-state index in [4.69, 9.17) is 0 Å². The van der Waals surface area contributed by atoms with Crippen molar-refractivity contribution in [1.29, 1.82) is 0 Å². The number of hydrogen-bond donors (Lipinski definition) is 1. The van der Waals surface area contributed by atoms with E-state index in [1.165, 1.54) is 18.7 Å². The van der Waals surface area contributed by atoms with Crippen LogP contribution in [0.25, 0.3) is 0 Å². The molecule has 0 fully saturated rings. The summed E-state index contributed by atoms with van der Waals surface area (Å²) in [6.45, 7) is 1.85. The molecule has 2 heterocycles. The number of nitrogens with zero attached hydrogens (tertiary/aromatic N) is 1. The van der Waals surface area contributed by atoms with Gasteiger partial charge in [0.05, 0.1) is 12.6 Å². The molecule has 1 N–H and O–H groups in total. The molecule has 8 heteroatoms.